The molecule has 0 saturated heterocycles. The molecule has 1 fully saturated rings. The molecule has 0 amide bonds. The highest BCUT2D eigenvalue weighted by atomic mass is 35.5. The van der Waals surface area contributed by atoms with E-state index in [1.807, 2.05) is 24.3 Å². The lowest BCUT2D eigenvalue weighted by Gasteiger charge is -2.28. The molecule has 17 heteroatoms. The summed E-state index contributed by atoms with van der Waals surface area (Å²) in [4.78, 5) is 18.3. The zero-order valence-corrected chi connectivity index (χ0v) is 25.5. The minimum atomic E-state index is -5.08. The minimum Gasteiger partial charge on any atom is -0.475 e. The number of alkyl halides is 3. The molecule has 2 heterocycles. The number of anilines is 2. The number of thiophene rings is 1. The van der Waals surface area contributed by atoms with E-state index in [0.717, 1.165) is 60.3 Å². The van der Waals surface area contributed by atoms with Crippen molar-refractivity contribution in [1.82, 2.24) is 14.7 Å². The predicted molar refractivity (Wildman–Crippen MR) is 157 cm³/mol. The van der Waals surface area contributed by atoms with E-state index in [1.165, 1.54) is 6.07 Å². The van der Waals surface area contributed by atoms with Gasteiger partial charge in [-0.05, 0) is 55.7 Å². The van der Waals surface area contributed by atoms with Crippen molar-refractivity contribution in [3.05, 3.63) is 39.0 Å². The van der Waals surface area contributed by atoms with E-state index in [2.05, 4.69) is 25.3 Å². The van der Waals surface area contributed by atoms with Gasteiger partial charge in [0.2, 0.25) is 16.0 Å². The highest BCUT2D eigenvalue weighted by Crippen LogP contribution is 2.35. The minimum absolute atomic E-state index is 0.0542. The van der Waals surface area contributed by atoms with Gasteiger partial charge in [0.15, 0.2) is 0 Å². The number of hydrogen-bond acceptors (Lipinski definition) is 9. The van der Waals surface area contributed by atoms with Gasteiger partial charge >= 0.3 is 12.1 Å². The van der Waals surface area contributed by atoms with Gasteiger partial charge in [-0.3, -0.25) is 0 Å². The average molecular weight is 673 g/mol. The lowest BCUT2D eigenvalue weighted by atomic mass is 9.82. The zero-order valence-electron chi connectivity index (χ0n) is 22.4. The van der Waals surface area contributed by atoms with E-state index in [4.69, 9.17) is 37.8 Å². The molecule has 1 aliphatic carbocycles. The van der Waals surface area contributed by atoms with E-state index in [-0.39, 0.29) is 9.23 Å². The summed E-state index contributed by atoms with van der Waals surface area (Å²) in [6.07, 6.45) is -1.15. The molecule has 4 rings (SSSR count). The van der Waals surface area contributed by atoms with Gasteiger partial charge in [-0.25, -0.2) is 22.9 Å². The van der Waals surface area contributed by atoms with Crippen LogP contribution in [0.4, 0.5) is 24.9 Å². The van der Waals surface area contributed by atoms with Crippen molar-refractivity contribution in [2.24, 2.45) is 11.8 Å². The highest BCUT2D eigenvalue weighted by Gasteiger charge is 2.38. The maximum atomic E-state index is 12.6. The molecule has 1 saturated carbocycles. The number of halogens is 5. The lowest BCUT2D eigenvalue weighted by Crippen LogP contribution is -2.32. The Balaban J connectivity index is 0.000000616. The van der Waals surface area contributed by atoms with Crippen molar-refractivity contribution < 1.29 is 36.2 Å². The molecule has 10 nitrogen and oxygen atoms in total. The number of benzene rings is 1. The summed E-state index contributed by atoms with van der Waals surface area (Å²) < 4.78 is 65.2. The first-order valence-electron chi connectivity index (χ1n) is 12.8. The van der Waals surface area contributed by atoms with E-state index >= 15 is 0 Å². The Labute approximate surface area is 255 Å². The van der Waals surface area contributed by atoms with Crippen LogP contribution >= 0.6 is 34.5 Å². The third-order valence-electron chi connectivity index (χ3n) is 6.44. The topological polar surface area (TPSA) is 143 Å². The lowest BCUT2D eigenvalue weighted by molar-refractivity contribution is -0.192. The Morgan fingerprint density at radius 2 is 1.71 bits per heavy atom. The fraction of sp³-hybridized carbons (Fsp3) is 0.480. The third kappa shape index (κ3) is 10.1. The van der Waals surface area contributed by atoms with Gasteiger partial charge in [-0.1, -0.05) is 35.3 Å². The van der Waals surface area contributed by atoms with E-state index in [9.17, 15) is 21.6 Å². The van der Waals surface area contributed by atoms with E-state index in [0.29, 0.717) is 41.8 Å². The second-order valence-corrected chi connectivity index (χ2v) is 13.5. The van der Waals surface area contributed by atoms with Crippen molar-refractivity contribution in [2.45, 2.75) is 36.8 Å². The summed E-state index contributed by atoms with van der Waals surface area (Å²) in [6, 6.07) is 9.32. The summed E-state index contributed by atoms with van der Waals surface area (Å²) in [6.45, 7) is 2.43. The number of carboxylic acid groups (broad SMARTS) is 1. The fourth-order valence-corrected chi connectivity index (χ4v) is 7.51. The van der Waals surface area contributed by atoms with Crippen LogP contribution < -0.4 is 15.4 Å². The number of carboxylic acids is 1. The van der Waals surface area contributed by atoms with Crippen LogP contribution in [0.3, 0.4) is 0 Å². The van der Waals surface area contributed by atoms with Gasteiger partial charge in [-0.2, -0.15) is 18.2 Å². The molecule has 4 N–H and O–H groups in total. The molecule has 42 heavy (non-hydrogen) atoms. The number of fused-ring (bicyclic) bond motifs is 1. The van der Waals surface area contributed by atoms with Gasteiger partial charge in [-0.15, -0.1) is 11.3 Å². The number of sulfonamides is 1. The SMILES string of the molecule is COCCNc1nc(NCC2CCC(CNS(=O)(=O)c3cc(Cl)sc3Cl)CC2)nc2ccccc12.O=C(O)C(F)(F)F. The summed E-state index contributed by atoms with van der Waals surface area (Å²) in [7, 11) is -1.99. The number of aliphatic carboxylic acids is 1. The Morgan fingerprint density at radius 3 is 2.29 bits per heavy atom. The van der Waals surface area contributed by atoms with Crippen molar-refractivity contribution >= 4 is 73.2 Å². The third-order valence-corrected chi connectivity index (χ3v) is 9.61. The number of rotatable bonds is 11. The first kappa shape index (κ1) is 34.1. The van der Waals surface area contributed by atoms with Gasteiger partial charge in [0.1, 0.15) is 15.0 Å². The molecular formula is C25H30Cl2F3N5O5S2. The molecule has 0 aliphatic heterocycles. The van der Waals surface area contributed by atoms with Crippen LogP contribution in [0.1, 0.15) is 25.7 Å². The standard InChI is InChI=1S/C23H29Cl2N5O3S2.C2HF3O2/c1-33-11-10-26-22-17-4-2-3-5-18(17)29-23(30-22)27-13-15-6-8-16(9-7-15)14-28-35(31,32)19-12-20(24)34-21(19)25;3-2(4,5)1(6)7/h2-5,12,15-16,28H,6-11,13-14H2,1H3,(H2,26,27,29,30);(H,6,7). The van der Waals surface area contributed by atoms with Crippen LogP contribution in [0.5, 0.6) is 0 Å². The van der Waals surface area contributed by atoms with Gasteiger partial charge < -0.3 is 20.5 Å². The van der Waals surface area contributed by atoms with Crippen LogP contribution in [0.15, 0.2) is 35.2 Å². The first-order chi connectivity index (χ1) is 19.8. The van der Waals surface area contributed by atoms with Crippen LogP contribution in [-0.2, 0) is 19.6 Å². The number of methoxy groups -OCH3 is 1. The van der Waals surface area contributed by atoms with Crippen molar-refractivity contribution in [3.8, 4) is 0 Å². The second-order valence-electron chi connectivity index (χ2n) is 9.44. The molecule has 0 radical (unpaired) electrons. The summed E-state index contributed by atoms with van der Waals surface area (Å²) in [5.41, 5.74) is 0.882. The Hall–Kier alpha value is -2.43. The zero-order chi connectivity index (χ0) is 30.9. The molecule has 0 unspecified atom stereocenters. The normalized spacial score (nSPS) is 17.4. The van der Waals surface area contributed by atoms with Crippen LogP contribution in [-0.4, -0.2) is 69.0 Å². The van der Waals surface area contributed by atoms with E-state index < -0.39 is 22.2 Å². The fourth-order valence-electron chi connectivity index (χ4n) is 4.25. The van der Waals surface area contributed by atoms with Crippen molar-refractivity contribution in [2.75, 3.05) is 44.0 Å². The second kappa shape index (κ2) is 15.3. The number of nitrogens with one attached hydrogen (secondary N) is 3. The highest BCUT2D eigenvalue weighted by molar-refractivity contribution is 7.89. The number of hydrogen-bond donors (Lipinski definition) is 4. The summed E-state index contributed by atoms with van der Waals surface area (Å²) >= 11 is 13.0. The Morgan fingerprint density at radius 1 is 1.10 bits per heavy atom. The monoisotopic (exact) mass is 671 g/mol. The van der Waals surface area contributed by atoms with Crippen LogP contribution in [0.25, 0.3) is 10.9 Å². The summed E-state index contributed by atoms with van der Waals surface area (Å²) in [5.74, 6) is -0.592. The number of para-hydroxylation sites is 1. The number of carbonyl (C=O) groups is 1. The molecule has 0 atom stereocenters. The van der Waals surface area contributed by atoms with Crippen molar-refractivity contribution in [1.29, 1.82) is 0 Å². The molecule has 0 spiro atoms. The molecule has 3 aromatic rings. The van der Waals surface area contributed by atoms with Crippen LogP contribution in [0, 0.1) is 11.8 Å². The molecule has 232 valence electrons. The van der Waals surface area contributed by atoms with Crippen molar-refractivity contribution in [3.63, 3.8) is 0 Å². The van der Waals surface area contributed by atoms with E-state index in [1.54, 1.807) is 7.11 Å². The Kier molecular flexibility index (Phi) is 12.4. The smallest absolute Gasteiger partial charge is 0.475 e. The maximum Gasteiger partial charge on any atom is 0.490 e. The van der Waals surface area contributed by atoms with Gasteiger partial charge in [0.25, 0.3) is 0 Å². The molecular weight excluding hydrogens is 642 g/mol. The molecule has 1 aliphatic rings. The Bertz CT molecular complexity index is 1450. The number of aromatic nitrogens is 2. The van der Waals surface area contributed by atoms with Crippen LogP contribution in [0.2, 0.25) is 8.67 Å². The quantitative estimate of drug-likeness (QED) is 0.184. The average Bonchev–Trinajstić information content (AvgIpc) is 3.30. The number of ether oxygens (including phenoxy) is 1. The predicted octanol–water partition coefficient (Wildman–Crippen LogP) is 5.89. The largest absolute Gasteiger partial charge is 0.490 e. The summed E-state index contributed by atoms with van der Waals surface area (Å²) in [5, 5.41) is 14.8. The molecule has 2 aromatic heterocycles. The van der Waals surface area contributed by atoms with Gasteiger partial charge in [0, 0.05) is 32.1 Å². The first-order valence-corrected chi connectivity index (χ1v) is 15.8. The molecule has 0 bridgehead atoms. The molecule has 1 aromatic carbocycles. The number of nitrogens with zero attached hydrogens (tertiary/aromatic N) is 2. The maximum absolute atomic E-state index is 12.6. The van der Waals surface area contributed by atoms with Gasteiger partial charge in [0.05, 0.1) is 16.5 Å².